The fraction of sp³-hybridized carbons (Fsp3) is 0.667. The number of pyridine rings is 1. The first kappa shape index (κ1) is 16.3. The van der Waals surface area contributed by atoms with E-state index in [4.69, 9.17) is 4.74 Å². The van der Waals surface area contributed by atoms with Gasteiger partial charge in [-0.2, -0.15) is 0 Å². The second-order valence-electron chi connectivity index (χ2n) is 5.25. The summed E-state index contributed by atoms with van der Waals surface area (Å²) >= 11 is 0. The van der Waals surface area contributed by atoms with Gasteiger partial charge in [0.15, 0.2) is 0 Å². The van der Waals surface area contributed by atoms with Gasteiger partial charge in [0, 0.05) is 13.1 Å². The topological polar surface area (TPSA) is 57.6 Å². The lowest BCUT2D eigenvalue weighted by Crippen LogP contribution is -2.48. The van der Waals surface area contributed by atoms with Crippen molar-refractivity contribution in [1.82, 2.24) is 15.2 Å². The Kier molecular flexibility index (Phi) is 6.50. The number of aliphatic hydroxyl groups is 1. The predicted octanol–water partition coefficient (Wildman–Crippen LogP) is 0.955. The Hall–Kier alpha value is -1.08. The second-order valence-corrected chi connectivity index (χ2v) is 5.25. The molecule has 2 atom stereocenters. The van der Waals surface area contributed by atoms with Crippen LogP contribution < -0.4 is 5.32 Å². The molecule has 1 aliphatic heterocycles. The third-order valence-electron chi connectivity index (χ3n) is 3.82. The summed E-state index contributed by atoms with van der Waals surface area (Å²) in [5.41, 5.74) is 0.854. The number of nitrogens with zero attached hydrogens (tertiary/aromatic N) is 2. The van der Waals surface area contributed by atoms with Gasteiger partial charge in [-0.25, -0.2) is 4.39 Å². The van der Waals surface area contributed by atoms with E-state index in [0.717, 1.165) is 31.7 Å². The summed E-state index contributed by atoms with van der Waals surface area (Å²) in [7, 11) is 0. The van der Waals surface area contributed by atoms with E-state index in [1.54, 1.807) is 6.07 Å². The number of morpholine rings is 1. The first-order valence-electron chi connectivity index (χ1n) is 7.52. The van der Waals surface area contributed by atoms with Gasteiger partial charge in [0.2, 0.25) is 0 Å². The molecule has 0 saturated carbocycles. The fourth-order valence-electron chi connectivity index (χ4n) is 2.64. The molecule has 0 amide bonds. The number of aromatic nitrogens is 1. The van der Waals surface area contributed by atoms with Crippen LogP contribution in [0, 0.1) is 5.82 Å². The van der Waals surface area contributed by atoms with Crippen molar-refractivity contribution in [3.05, 3.63) is 29.8 Å². The van der Waals surface area contributed by atoms with E-state index >= 15 is 0 Å². The first-order valence-corrected chi connectivity index (χ1v) is 7.52. The maximum atomic E-state index is 13.0. The van der Waals surface area contributed by atoms with E-state index in [-0.39, 0.29) is 24.5 Å². The second kappa shape index (κ2) is 8.38. The Morgan fingerprint density at radius 2 is 2.43 bits per heavy atom. The van der Waals surface area contributed by atoms with Gasteiger partial charge in [-0.05, 0) is 25.1 Å². The number of aliphatic hydroxyl groups excluding tert-OH is 1. The van der Waals surface area contributed by atoms with Gasteiger partial charge in [-0.3, -0.25) is 9.88 Å². The molecule has 6 heteroatoms. The van der Waals surface area contributed by atoms with Gasteiger partial charge >= 0.3 is 0 Å². The van der Waals surface area contributed by atoms with Gasteiger partial charge in [-0.1, -0.05) is 6.92 Å². The van der Waals surface area contributed by atoms with Gasteiger partial charge in [0.1, 0.15) is 5.82 Å². The van der Waals surface area contributed by atoms with Crippen molar-refractivity contribution in [3.63, 3.8) is 0 Å². The Labute approximate surface area is 125 Å². The molecule has 0 bridgehead atoms. The molecule has 2 rings (SSSR count). The van der Waals surface area contributed by atoms with Crippen LogP contribution in [0.15, 0.2) is 18.3 Å². The van der Waals surface area contributed by atoms with Crippen LogP contribution in [0.25, 0.3) is 0 Å². The molecular formula is C15H24FN3O2. The Morgan fingerprint density at radius 3 is 3.10 bits per heavy atom. The van der Waals surface area contributed by atoms with E-state index in [0.29, 0.717) is 13.2 Å². The van der Waals surface area contributed by atoms with Crippen LogP contribution in [-0.2, 0) is 4.74 Å². The molecule has 21 heavy (non-hydrogen) atoms. The van der Waals surface area contributed by atoms with Crippen molar-refractivity contribution >= 4 is 0 Å². The summed E-state index contributed by atoms with van der Waals surface area (Å²) in [6.45, 7) is 5.96. The van der Waals surface area contributed by atoms with Crippen LogP contribution in [0.1, 0.15) is 25.1 Å². The minimum absolute atomic E-state index is 0.0715. The highest BCUT2D eigenvalue weighted by molar-refractivity contribution is 5.10. The zero-order chi connectivity index (χ0) is 15.1. The van der Waals surface area contributed by atoms with Gasteiger partial charge in [-0.15, -0.1) is 0 Å². The molecule has 1 aliphatic rings. The number of hydrogen-bond acceptors (Lipinski definition) is 5. The smallest absolute Gasteiger partial charge is 0.141 e. The van der Waals surface area contributed by atoms with E-state index in [1.807, 2.05) is 6.92 Å². The lowest BCUT2D eigenvalue weighted by Gasteiger charge is -2.35. The molecule has 1 aromatic heterocycles. The number of ether oxygens (including phenoxy) is 1. The molecule has 5 nitrogen and oxygen atoms in total. The standard InChI is InChI=1S/C15H24FN3O2/c1-2-17-15(14-4-3-12(16)9-18-14)5-6-19-7-8-21-11-13(19)10-20/h3-4,9,13,15,17,20H,2,5-8,10-11H2,1H3. The zero-order valence-corrected chi connectivity index (χ0v) is 12.5. The SMILES string of the molecule is CCNC(CCN1CCOCC1CO)c1ccc(F)cn1. The summed E-state index contributed by atoms with van der Waals surface area (Å²) < 4.78 is 18.4. The largest absolute Gasteiger partial charge is 0.395 e. The molecule has 0 spiro atoms. The number of rotatable bonds is 7. The average molecular weight is 297 g/mol. The van der Waals surface area contributed by atoms with Gasteiger partial charge in [0.05, 0.1) is 43.8 Å². The van der Waals surface area contributed by atoms with E-state index in [1.165, 1.54) is 12.3 Å². The van der Waals surface area contributed by atoms with Crippen molar-refractivity contribution in [2.24, 2.45) is 0 Å². The molecule has 0 radical (unpaired) electrons. The van der Waals surface area contributed by atoms with Crippen molar-refractivity contribution < 1.29 is 14.2 Å². The average Bonchev–Trinajstić information content (AvgIpc) is 2.52. The Balaban J connectivity index is 1.94. The van der Waals surface area contributed by atoms with Crippen LogP contribution in [0.5, 0.6) is 0 Å². The maximum absolute atomic E-state index is 13.0. The summed E-state index contributed by atoms with van der Waals surface area (Å²) in [4.78, 5) is 6.42. The first-order chi connectivity index (χ1) is 10.2. The van der Waals surface area contributed by atoms with Gasteiger partial charge in [0.25, 0.3) is 0 Å². The molecule has 2 unspecified atom stereocenters. The Morgan fingerprint density at radius 1 is 1.57 bits per heavy atom. The highest BCUT2D eigenvalue weighted by Gasteiger charge is 2.23. The number of nitrogens with one attached hydrogen (secondary N) is 1. The molecule has 1 aromatic rings. The lowest BCUT2D eigenvalue weighted by molar-refractivity contribution is -0.0286. The van der Waals surface area contributed by atoms with E-state index in [2.05, 4.69) is 15.2 Å². The monoisotopic (exact) mass is 297 g/mol. The Bertz CT molecular complexity index is 416. The van der Waals surface area contributed by atoms with Crippen molar-refractivity contribution in [2.75, 3.05) is 39.5 Å². The summed E-state index contributed by atoms with van der Waals surface area (Å²) in [6, 6.07) is 3.34. The van der Waals surface area contributed by atoms with E-state index < -0.39 is 0 Å². The third kappa shape index (κ3) is 4.71. The number of halogens is 1. The molecular weight excluding hydrogens is 273 g/mol. The molecule has 1 fully saturated rings. The number of hydrogen-bond donors (Lipinski definition) is 2. The fourth-order valence-corrected chi connectivity index (χ4v) is 2.64. The summed E-state index contributed by atoms with van der Waals surface area (Å²) in [5, 5.41) is 12.8. The van der Waals surface area contributed by atoms with Crippen LogP contribution in [0.2, 0.25) is 0 Å². The summed E-state index contributed by atoms with van der Waals surface area (Å²) in [6.07, 6.45) is 2.12. The molecule has 118 valence electrons. The van der Waals surface area contributed by atoms with Crippen LogP contribution >= 0.6 is 0 Å². The van der Waals surface area contributed by atoms with Crippen molar-refractivity contribution in [2.45, 2.75) is 25.4 Å². The maximum Gasteiger partial charge on any atom is 0.141 e. The molecule has 2 N–H and O–H groups in total. The third-order valence-corrected chi connectivity index (χ3v) is 3.82. The minimum atomic E-state index is -0.317. The molecule has 1 saturated heterocycles. The molecule has 0 aromatic carbocycles. The van der Waals surface area contributed by atoms with Crippen LogP contribution in [-0.4, -0.2) is 60.5 Å². The van der Waals surface area contributed by atoms with Crippen molar-refractivity contribution in [3.8, 4) is 0 Å². The predicted molar refractivity (Wildman–Crippen MR) is 78.5 cm³/mol. The normalized spacial score (nSPS) is 21.4. The zero-order valence-electron chi connectivity index (χ0n) is 12.5. The molecule has 0 aliphatic carbocycles. The molecule has 2 heterocycles. The van der Waals surface area contributed by atoms with Crippen LogP contribution in [0.3, 0.4) is 0 Å². The summed E-state index contributed by atoms with van der Waals surface area (Å²) in [5.74, 6) is -0.317. The van der Waals surface area contributed by atoms with E-state index in [9.17, 15) is 9.50 Å². The van der Waals surface area contributed by atoms with Gasteiger partial charge < -0.3 is 15.2 Å². The van der Waals surface area contributed by atoms with Crippen LogP contribution in [0.4, 0.5) is 4.39 Å². The lowest BCUT2D eigenvalue weighted by atomic mass is 10.1. The minimum Gasteiger partial charge on any atom is -0.395 e. The highest BCUT2D eigenvalue weighted by atomic mass is 19.1. The quantitative estimate of drug-likeness (QED) is 0.785. The van der Waals surface area contributed by atoms with Crippen molar-refractivity contribution in [1.29, 1.82) is 0 Å². The highest BCUT2D eigenvalue weighted by Crippen LogP contribution is 2.17.